The van der Waals surface area contributed by atoms with Crippen molar-refractivity contribution in [2.75, 3.05) is 45.7 Å². The maximum atomic E-state index is 13.3. The molecule has 6 nitrogen and oxygen atoms in total. The Morgan fingerprint density at radius 1 is 1.23 bits per heavy atom. The smallest absolute Gasteiger partial charge is 0.385 e. The first kappa shape index (κ1) is 25.7. The molecule has 0 amide bonds. The predicted octanol–water partition coefficient (Wildman–Crippen LogP) is 4.79. The van der Waals surface area contributed by atoms with Gasteiger partial charge in [-0.15, -0.1) is 24.8 Å². The van der Waals surface area contributed by atoms with E-state index in [4.69, 9.17) is 9.73 Å². The zero-order valence-corrected chi connectivity index (χ0v) is 19.4. The molecule has 0 bridgehead atoms. The fourth-order valence-corrected chi connectivity index (χ4v) is 4.41. The van der Waals surface area contributed by atoms with Gasteiger partial charge in [-0.25, -0.2) is 9.98 Å². The minimum Gasteiger partial charge on any atom is -0.385 e. The number of hydrogen-bond acceptors (Lipinski definition) is 7. The first-order valence-electron chi connectivity index (χ1n) is 9.34. The predicted molar refractivity (Wildman–Crippen MR) is 122 cm³/mol. The molecule has 31 heavy (non-hydrogen) atoms. The number of thiazole rings is 1. The van der Waals surface area contributed by atoms with Crippen LogP contribution in [0.25, 0.3) is 0 Å². The third-order valence-electron chi connectivity index (χ3n) is 5.19. The molecule has 0 radical (unpaired) electrons. The first-order valence-corrected chi connectivity index (χ1v) is 10.2. The Morgan fingerprint density at radius 3 is 2.68 bits per heavy atom. The number of ether oxygens (including phenoxy) is 1. The molecule has 1 aromatic heterocycles. The number of rotatable bonds is 3. The highest BCUT2D eigenvalue weighted by molar-refractivity contribution is 7.16. The molecule has 1 fully saturated rings. The van der Waals surface area contributed by atoms with Gasteiger partial charge >= 0.3 is 6.18 Å². The number of piperazine rings is 1. The molecule has 0 aliphatic carbocycles. The molecule has 1 saturated heterocycles. The van der Waals surface area contributed by atoms with Crippen LogP contribution < -0.4 is 5.32 Å². The van der Waals surface area contributed by atoms with Gasteiger partial charge < -0.3 is 15.0 Å². The van der Waals surface area contributed by atoms with Crippen LogP contribution in [0, 0.1) is 0 Å². The summed E-state index contributed by atoms with van der Waals surface area (Å²) in [6.07, 6.45) is -3.66. The zero-order chi connectivity index (χ0) is 20.6. The number of hydrogen-bond donors (Lipinski definition) is 1. The number of methoxy groups -OCH3 is 1. The number of nitrogens with zero attached hydrogens (tertiary/aromatic N) is 4. The van der Waals surface area contributed by atoms with Crippen molar-refractivity contribution < 1.29 is 17.9 Å². The van der Waals surface area contributed by atoms with E-state index in [1.54, 1.807) is 7.11 Å². The van der Waals surface area contributed by atoms with Gasteiger partial charge in [0.1, 0.15) is 10.7 Å². The molecule has 2 aliphatic rings. The number of aromatic nitrogens is 1. The van der Waals surface area contributed by atoms with E-state index in [1.807, 2.05) is 29.2 Å². The lowest BCUT2D eigenvalue weighted by molar-refractivity contribution is -0.137. The second kappa shape index (κ2) is 10.4. The fourth-order valence-electron chi connectivity index (χ4n) is 3.57. The molecule has 2 aliphatic heterocycles. The fraction of sp³-hybridized carbons (Fsp3) is 0.474. The first-order chi connectivity index (χ1) is 13.9. The van der Waals surface area contributed by atoms with Crippen LogP contribution in [0.1, 0.15) is 17.1 Å². The highest BCUT2D eigenvalue weighted by atomic mass is 35.5. The summed E-state index contributed by atoms with van der Waals surface area (Å²) < 4.78 is 45.2. The van der Waals surface area contributed by atoms with E-state index < -0.39 is 11.2 Å². The third kappa shape index (κ3) is 5.43. The lowest BCUT2D eigenvalue weighted by atomic mass is 10.1. The van der Waals surface area contributed by atoms with Crippen LogP contribution in [0.5, 0.6) is 0 Å². The number of nitrogens with one attached hydrogen (secondary N) is 1. The topological polar surface area (TPSA) is 53.0 Å². The molecule has 1 N–H and O–H groups in total. The Morgan fingerprint density at radius 2 is 1.97 bits per heavy atom. The number of alkyl halides is 3. The van der Waals surface area contributed by atoms with Gasteiger partial charge in [0.15, 0.2) is 5.84 Å². The maximum Gasteiger partial charge on any atom is 0.443 e. The van der Waals surface area contributed by atoms with Gasteiger partial charge in [-0.2, -0.15) is 13.2 Å². The van der Waals surface area contributed by atoms with Gasteiger partial charge in [0.2, 0.25) is 5.01 Å². The third-order valence-corrected chi connectivity index (χ3v) is 6.21. The Labute approximate surface area is 195 Å². The highest BCUT2D eigenvalue weighted by Gasteiger charge is 2.39. The summed E-state index contributed by atoms with van der Waals surface area (Å²) in [5.74, 6) is 0.486. The number of aliphatic imine (C=N–C) groups is 1. The van der Waals surface area contributed by atoms with Crippen molar-refractivity contribution in [3.8, 4) is 0 Å². The van der Waals surface area contributed by atoms with Crippen LogP contribution in [0.3, 0.4) is 0 Å². The van der Waals surface area contributed by atoms with Gasteiger partial charge in [0.05, 0.1) is 11.4 Å². The van der Waals surface area contributed by atoms with Crippen molar-refractivity contribution in [1.82, 2.24) is 14.8 Å². The second-order valence-electron chi connectivity index (χ2n) is 7.13. The number of benzene rings is 1. The molecule has 2 aromatic rings. The average Bonchev–Trinajstić information content (AvgIpc) is 3.04. The van der Waals surface area contributed by atoms with Crippen molar-refractivity contribution in [3.05, 3.63) is 35.0 Å². The van der Waals surface area contributed by atoms with Crippen LogP contribution in [0.15, 0.2) is 29.3 Å². The van der Waals surface area contributed by atoms with Crippen LogP contribution >= 0.6 is 36.2 Å². The lowest BCUT2D eigenvalue weighted by Gasteiger charge is -2.40. The van der Waals surface area contributed by atoms with E-state index in [0.717, 1.165) is 13.0 Å². The number of amidine groups is 1. The monoisotopic (exact) mass is 497 g/mol. The van der Waals surface area contributed by atoms with Crippen LogP contribution in [-0.4, -0.2) is 67.1 Å². The van der Waals surface area contributed by atoms with Crippen molar-refractivity contribution in [1.29, 1.82) is 0 Å². The summed E-state index contributed by atoms with van der Waals surface area (Å²) in [5.41, 5.74) is 1.62. The van der Waals surface area contributed by atoms with E-state index in [1.165, 1.54) is 0 Å². The molecule has 0 saturated carbocycles. The quantitative estimate of drug-likeness (QED) is 0.660. The van der Waals surface area contributed by atoms with Crippen molar-refractivity contribution in [3.63, 3.8) is 0 Å². The van der Waals surface area contributed by atoms with Crippen molar-refractivity contribution >= 4 is 58.4 Å². The molecule has 0 spiro atoms. The normalized spacial score (nSPS) is 18.5. The van der Waals surface area contributed by atoms with E-state index in [2.05, 4.69) is 22.2 Å². The van der Waals surface area contributed by atoms with E-state index in [9.17, 15) is 13.2 Å². The molecule has 3 heterocycles. The lowest BCUT2D eigenvalue weighted by Crippen LogP contribution is -2.53. The Kier molecular flexibility index (Phi) is 8.57. The Balaban J connectivity index is 0.00000171. The standard InChI is InChI=1S/C19H22F3N5OS.2ClH/c1-26-8-9-27(11-12(26)7-10-28-2)16-15-17(29-18(25-15)19(20,21)22)24-14-6-4-3-5-13(14)23-16;;/h3-6,12,24H,7-11H2,1-2H3;2*1H/t12-;;/m0../s1. The number of para-hydroxylation sites is 2. The van der Waals surface area contributed by atoms with E-state index in [0.29, 0.717) is 53.2 Å². The number of fused-ring (bicyclic) bond motifs is 2. The molecule has 12 heteroatoms. The summed E-state index contributed by atoms with van der Waals surface area (Å²) in [5, 5.41) is 2.60. The van der Waals surface area contributed by atoms with Crippen molar-refractivity contribution in [2.24, 2.45) is 4.99 Å². The van der Waals surface area contributed by atoms with Crippen LogP contribution in [0.2, 0.25) is 0 Å². The summed E-state index contributed by atoms with van der Waals surface area (Å²) in [7, 11) is 3.72. The molecule has 0 unspecified atom stereocenters. The van der Waals surface area contributed by atoms with Crippen molar-refractivity contribution in [2.45, 2.75) is 18.6 Å². The Hall–Kier alpha value is -1.59. The summed E-state index contributed by atoms with van der Waals surface area (Å²) >= 11 is 0.617. The number of likely N-dealkylation sites (N-methyl/N-ethyl adjacent to an activating group) is 1. The molecule has 1 aromatic carbocycles. The van der Waals surface area contributed by atoms with Gasteiger partial charge in [-0.1, -0.05) is 23.5 Å². The summed E-state index contributed by atoms with van der Waals surface area (Å²) in [4.78, 5) is 13.0. The average molecular weight is 498 g/mol. The minimum absolute atomic E-state index is 0. The van der Waals surface area contributed by atoms with Gasteiger partial charge in [-0.3, -0.25) is 4.90 Å². The zero-order valence-electron chi connectivity index (χ0n) is 17.0. The van der Waals surface area contributed by atoms with Gasteiger partial charge in [0, 0.05) is 39.4 Å². The molecule has 4 rings (SSSR count). The highest BCUT2D eigenvalue weighted by Crippen LogP contribution is 2.42. The molecule has 1 atom stereocenters. The summed E-state index contributed by atoms with van der Waals surface area (Å²) in [6, 6.07) is 7.57. The van der Waals surface area contributed by atoms with E-state index >= 15 is 0 Å². The van der Waals surface area contributed by atoms with E-state index in [-0.39, 0.29) is 36.5 Å². The molecular weight excluding hydrogens is 474 g/mol. The van der Waals surface area contributed by atoms with Gasteiger partial charge in [-0.05, 0) is 25.6 Å². The minimum atomic E-state index is -4.49. The van der Waals surface area contributed by atoms with Crippen LogP contribution in [-0.2, 0) is 10.9 Å². The second-order valence-corrected chi connectivity index (χ2v) is 8.13. The number of halogens is 5. The molecular formula is C19H24Cl2F3N5OS. The largest absolute Gasteiger partial charge is 0.443 e. The number of anilines is 2. The van der Waals surface area contributed by atoms with Gasteiger partial charge in [0.25, 0.3) is 0 Å². The SMILES string of the molecule is COCC[C@H]1CN(C2=Nc3ccccc3Nc3sc(C(F)(F)F)nc32)CCN1C.Cl.Cl. The Bertz CT molecular complexity index is 924. The van der Waals surface area contributed by atoms with Crippen LogP contribution in [0.4, 0.5) is 29.5 Å². The summed E-state index contributed by atoms with van der Waals surface area (Å²) in [6.45, 7) is 2.73. The molecule has 172 valence electrons. The maximum absolute atomic E-state index is 13.3.